The van der Waals surface area contributed by atoms with Gasteiger partial charge in [-0.05, 0) is 24.8 Å². The van der Waals surface area contributed by atoms with E-state index in [1.165, 1.54) is 63.4 Å². The first-order valence-electron chi connectivity index (χ1n) is 9.05. The van der Waals surface area contributed by atoms with Gasteiger partial charge in [-0.15, -0.1) is 0 Å². The van der Waals surface area contributed by atoms with Gasteiger partial charge in [0.2, 0.25) is 0 Å². The molecule has 120 valence electrons. The van der Waals surface area contributed by atoms with E-state index in [9.17, 15) is 5.11 Å². The summed E-state index contributed by atoms with van der Waals surface area (Å²) in [6.07, 6.45) is 14.9. The van der Waals surface area contributed by atoms with Crippen LogP contribution in [0.25, 0.3) is 0 Å². The third-order valence-electron chi connectivity index (χ3n) is 4.25. The Kier molecular flexibility index (Phi) is 11.2. The Labute approximate surface area is 131 Å². The van der Waals surface area contributed by atoms with Crippen molar-refractivity contribution in [2.24, 2.45) is 0 Å². The quantitative estimate of drug-likeness (QED) is 0.448. The van der Waals surface area contributed by atoms with Gasteiger partial charge in [-0.25, -0.2) is 0 Å². The van der Waals surface area contributed by atoms with E-state index in [-0.39, 0.29) is 6.10 Å². The van der Waals surface area contributed by atoms with Crippen molar-refractivity contribution < 1.29 is 5.11 Å². The molecule has 0 saturated heterocycles. The molecule has 1 atom stereocenters. The molecule has 0 aromatic heterocycles. The number of hydrogen-bond donors (Lipinski definition) is 1. The van der Waals surface area contributed by atoms with Gasteiger partial charge in [-0.2, -0.15) is 0 Å². The van der Waals surface area contributed by atoms with Crippen LogP contribution in [-0.4, -0.2) is 11.2 Å². The molecule has 0 radical (unpaired) electrons. The van der Waals surface area contributed by atoms with Gasteiger partial charge in [0.1, 0.15) is 0 Å². The molecule has 0 fully saturated rings. The van der Waals surface area contributed by atoms with E-state index in [2.05, 4.69) is 31.2 Å². The molecule has 1 heteroatoms. The maximum Gasteiger partial charge on any atom is 0.0543 e. The highest BCUT2D eigenvalue weighted by molar-refractivity contribution is 5.14. The molecule has 0 aliphatic carbocycles. The van der Waals surface area contributed by atoms with Crippen LogP contribution in [0.3, 0.4) is 0 Å². The third kappa shape index (κ3) is 10.5. The molecule has 1 aromatic carbocycles. The molecule has 0 bridgehead atoms. The van der Waals surface area contributed by atoms with E-state index < -0.39 is 0 Å². The summed E-state index contributed by atoms with van der Waals surface area (Å²) in [7, 11) is 0. The molecule has 0 aliphatic rings. The summed E-state index contributed by atoms with van der Waals surface area (Å²) in [6, 6.07) is 10.5. The van der Waals surface area contributed by atoms with Gasteiger partial charge in [0.25, 0.3) is 0 Å². The third-order valence-corrected chi connectivity index (χ3v) is 4.25. The molecule has 0 heterocycles. The van der Waals surface area contributed by atoms with Crippen molar-refractivity contribution in [2.45, 2.75) is 90.1 Å². The predicted octanol–water partition coefficient (Wildman–Crippen LogP) is 5.90. The fraction of sp³-hybridized carbons (Fsp3) is 0.700. The van der Waals surface area contributed by atoms with E-state index in [4.69, 9.17) is 0 Å². The van der Waals surface area contributed by atoms with Crippen molar-refractivity contribution in [1.29, 1.82) is 0 Å². The van der Waals surface area contributed by atoms with Crippen molar-refractivity contribution in [3.8, 4) is 0 Å². The largest absolute Gasteiger partial charge is 0.393 e. The number of hydrogen-bond acceptors (Lipinski definition) is 1. The maximum atomic E-state index is 10.0. The number of benzene rings is 1. The van der Waals surface area contributed by atoms with Crippen LogP contribution >= 0.6 is 0 Å². The zero-order valence-corrected chi connectivity index (χ0v) is 13.9. The van der Waals surface area contributed by atoms with Crippen LogP contribution in [0.4, 0.5) is 0 Å². The molecule has 0 aliphatic heterocycles. The van der Waals surface area contributed by atoms with E-state index >= 15 is 0 Å². The van der Waals surface area contributed by atoms with Crippen molar-refractivity contribution in [3.63, 3.8) is 0 Å². The van der Waals surface area contributed by atoms with Crippen molar-refractivity contribution in [3.05, 3.63) is 35.9 Å². The van der Waals surface area contributed by atoms with Gasteiger partial charge in [0.15, 0.2) is 0 Å². The fourth-order valence-corrected chi connectivity index (χ4v) is 2.81. The van der Waals surface area contributed by atoms with E-state index in [0.29, 0.717) is 0 Å². The van der Waals surface area contributed by atoms with Crippen LogP contribution in [0, 0.1) is 0 Å². The molecule has 0 saturated carbocycles. The van der Waals surface area contributed by atoms with Crippen LogP contribution in [0.1, 0.15) is 83.1 Å². The minimum atomic E-state index is -0.116. The smallest absolute Gasteiger partial charge is 0.0543 e. The second-order valence-electron chi connectivity index (χ2n) is 6.30. The molecule has 1 rings (SSSR count). The highest BCUT2D eigenvalue weighted by Gasteiger charge is 2.04. The lowest BCUT2D eigenvalue weighted by Gasteiger charge is -2.10. The van der Waals surface area contributed by atoms with E-state index in [1.807, 2.05) is 6.07 Å². The fourth-order valence-electron chi connectivity index (χ4n) is 2.81. The highest BCUT2D eigenvalue weighted by Crippen LogP contribution is 2.13. The highest BCUT2D eigenvalue weighted by atomic mass is 16.3. The van der Waals surface area contributed by atoms with Crippen molar-refractivity contribution >= 4 is 0 Å². The van der Waals surface area contributed by atoms with Crippen LogP contribution in [0.5, 0.6) is 0 Å². The number of aliphatic hydroxyl groups excluding tert-OH is 1. The second kappa shape index (κ2) is 12.9. The molecule has 0 spiro atoms. The lowest BCUT2D eigenvalue weighted by molar-refractivity contribution is 0.151. The average Bonchev–Trinajstić information content (AvgIpc) is 2.52. The molecular weight excluding hydrogens is 256 g/mol. The second-order valence-corrected chi connectivity index (χ2v) is 6.30. The molecule has 1 nitrogen and oxygen atoms in total. The molecule has 1 unspecified atom stereocenters. The summed E-state index contributed by atoms with van der Waals surface area (Å²) >= 11 is 0. The molecule has 21 heavy (non-hydrogen) atoms. The lowest BCUT2D eigenvalue weighted by atomic mass is 10.0. The van der Waals surface area contributed by atoms with Crippen LogP contribution < -0.4 is 0 Å². The standard InChI is InChI=1S/C20H34O/c1-2-3-4-5-6-7-8-9-13-16-20(21)18-17-19-14-11-10-12-15-19/h10-12,14-15,20-21H,2-9,13,16-18H2,1H3. The van der Waals surface area contributed by atoms with Gasteiger partial charge in [0, 0.05) is 0 Å². The minimum Gasteiger partial charge on any atom is -0.393 e. The maximum absolute atomic E-state index is 10.0. The number of aryl methyl sites for hydroxylation is 1. The van der Waals surface area contributed by atoms with Gasteiger partial charge in [-0.1, -0.05) is 95.0 Å². The van der Waals surface area contributed by atoms with Crippen molar-refractivity contribution in [1.82, 2.24) is 0 Å². The van der Waals surface area contributed by atoms with E-state index in [1.54, 1.807) is 0 Å². The zero-order valence-electron chi connectivity index (χ0n) is 13.9. The summed E-state index contributed by atoms with van der Waals surface area (Å²) < 4.78 is 0. The first-order chi connectivity index (χ1) is 10.3. The van der Waals surface area contributed by atoms with Crippen LogP contribution in [0.15, 0.2) is 30.3 Å². The van der Waals surface area contributed by atoms with Crippen LogP contribution in [-0.2, 0) is 6.42 Å². The van der Waals surface area contributed by atoms with Gasteiger partial charge in [0.05, 0.1) is 6.10 Å². The van der Waals surface area contributed by atoms with Gasteiger partial charge < -0.3 is 5.11 Å². The average molecular weight is 290 g/mol. The number of unbranched alkanes of at least 4 members (excludes halogenated alkanes) is 8. The first-order valence-corrected chi connectivity index (χ1v) is 9.05. The summed E-state index contributed by atoms with van der Waals surface area (Å²) in [4.78, 5) is 0. The Balaban J connectivity index is 1.88. The van der Waals surface area contributed by atoms with Crippen molar-refractivity contribution in [2.75, 3.05) is 0 Å². The zero-order chi connectivity index (χ0) is 15.2. The molecule has 1 aromatic rings. The van der Waals surface area contributed by atoms with Gasteiger partial charge in [-0.3, -0.25) is 0 Å². The Bertz CT molecular complexity index is 320. The van der Waals surface area contributed by atoms with Gasteiger partial charge >= 0.3 is 0 Å². The summed E-state index contributed by atoms with van der Waals surface area (Å²) in [5, 5.41) is 10.0. The monoisotopic (exact) mass is 290 g/mol. The summed E-state index contributed by atoms with van der Waals surface area (Å²) in [6.45, 7) is 2.27. The Morgan fingerprint density at radius 1 is 0.762 bits per heavy atom. The predicted molar refractivity (Wildman–Crippen MR) is 92.6 cm³/mol. The summed E-state index contributed by atoms with van der Waals surface area (Å²) in [5.74, 6) is 0. The summed E-state index contributed by atoms with van der Waals surface area (Å²) in [5.41, 5.74) is 1.34. The normalized spacial score (nSPS) is 12.5. The van der Waals surface area contributed by atoms with Crippen LogP contribution in [0.2, 0.25) is 0 Å². The molecule has 0 amide bonds. The Morgan fingerprint density at radius 2 is 1.33 bits per heavy atom. The van der Waals surface area contributed by atoms with E-state index in [0.717, 1.165) is 19.3 Å². The Morgan fingerprint density at radius 3 is 1.95 bits per heavy atom. The SMILES string of the molecule is CCCCCCCCCCCC(O)CCc1ccccc1. The Hall–Kier alpha value is -0.820. The topological polar surface area (TPSA) is 20.2 Å². The lowest BCUT2D eigenvalue weighted by Crippen LogP contribution is -2.07. The molecular formula is C20H34O. The first kappa shape index (κ1) is 18.2. The number of aliphatic hydroxyl groups is 1. The molecule has 1 N–H and O–H groups in total. The minimum absolute atomic E-state index is 0.116. The number of rotatable bonds is 13.